The number of para-hydroxylation sites is 1. The zero-order chi connectivity index (χ0) is 22.2. The van der Waals surface area contributed by atoms with Gasteiger partial charge >= 0.3 is 6.03 Å². The molecular weight excluding hydrogens is 400 g/mol. The van der Waals surface area contributed by atoms with Gasteiger partial charge in [-0.3, -0.25) is 4.90 Å². The topological polar surface area (TPSA) is 48.1 Å². The van der Waals surface area contributed by atoms with E-state index in [9.17, 15) is 4.79 Å². The van der Waals surface area contributed by atoms with Gasteiger partial charge in [-0.25, -0.2) is 4.79 Å². The quantitative estimate of drug-likeness (QED) is 0.717. The van der Waals surface area contributed by atoms with Gasteiger partial charge in [0.15, 0.2) is 0 Å². The van der Waals surface area contributed by atoms with Crippen molar-refractivity contribution in [1.82, 2.24) is 14.7 Å². The van der Waals surface area contributed by atoms with Crippen molar-refractivity contribution < 1.29 is 9.53 Å². The fourth-order valence-corrected chi connectivity index (χ4v) is 4.81. The summed E-state index contributed by atoms with van der Waals surface area (Å²) in [5.74, 6) is 1.65. The minimum Gasteiger partial charge on any atom is -0.497 e. The molecule has 6 heteroatoms. The second kappa shape index (κ2) is 11.3. The maximum atomic E-state index is 12.5. The van der Waals surface area contributed by atoms with Crippen molar-refractivity contribution in [3.8, 4) is 5.75 Å². The molecule has 1 N–H and O–H groups in total. The van der Waals surface area contributed by atoms with E-state index in [0.29, 0.717) is 0 Å². The fraction of sp³-hybridized carbons (Fsp3) is 0.500. The average molecular weight is 437 g/mol. The highest BCUT2D eigenvalue weighted by Gasteiger charge is 2.26. The summed E-state index contributed by atoms with van der Waals surface area (Å²) in [6.07, 6.45) is 3.69. The van der Waals surface area contributed by atoms with Gasteiger partial charge in [-0.05, 0) is 61.6 Å². The van der Waals surface area contributed by atoms with Gasteiger partial charge in [0, 0.05) is 51.5 Å². The van der Waals surface area contributed by atoms with Crippen molar-refractivity contribution in [2.45, 2.75) is 19.3 Å². The van der Waals surface area contributed by atoms with Gasteiger partial charge in [-0.1, -0.05) is 30.3 Å². The van der Waals surface area contributed by atoms with Crippen LogP contribution < -0.4 is 10.1 Å². The van der Waals surface area contributed by atoms with Crippen LogP contribution in [0.25, 0.3) is 0 Å². The minimum atomic E-state index is 0.0122. The molecule has 1 atom stereocenters. The molecule has 0 saturated carbocycles. The number of piperazine rings is 1. The summed E-state index contributed by atoms with van der Waals surface area (Å²) in [7, 11) is 1.71. The lowest BCUT2D eigenvalue weighted by Gasteiger charge is -2.39. The van der Waals surface area contributed by atoms with Crippen LogP contribution in [-0.4, -0.2) is 80.2 Å². The second-order valence-electron chi connectivity index (χ2n) is 8.99. The molecule has 2 aromatic rings. The first-order valence-corrected chi connectivity index (χ1v) is 11.9. The number of hydrogen-bond acceptors (Lipinski definition) is 4. The normalized spacial score (nSPS) is 20.2. The highest BCUT2D eigenvalue weighted by molar-refractivity contribution is 5.89. The largest absolute Gasteiger partial charge is 0.497 e. The molecule has 0 unspecified atom stereocenters. The molecule has 4 rings (SSSR count). The first-order valence-electron chi connectivity index (χ1n) is 11.9. The van der Waals surface area contributed by atoms with E-state index in [4.69, 9.17) is 4.74 Å². The summed E-state index contributed by atoms with van der Waals surface area (Å²) in [4.78, 5) is 19.6. The number of ether oxygens (including phenoxy) is 1. The number of nitrogens with zero attached hydrogens (tertiary/aromatic N) is 3. The second-order valence-corrected chi connectivity index (χ2v) is 8.99. The Bertz CT molecular complexity index is 835. The van der Waals surface area contributed by atoms with E-state index in [1.807, 2.05) is 47.4 Å². The molecule has 2 heterocycles. The third kappa shape index (κ3) is 6.47. The number of nitrogens with one attached hydrogen (secondary N) is 1. The Morgan fingerprint density at radius 1 is 0.969 bits per heavy atom. The Hall–Kier alpha value is -2.57. The zero-order valence-electron chi connectivity index (χ0n) is 19.2. The van der Waals surface area contributed by atoms with E-state index in [2.05, 4.69) is 27.2 Å². The van der Waals surface area contributed by atoms with E-state index >= 15 is 0 Å². The smallest absolute Gasteiger partial charge is 0.321 e. The zero-order valence-corrected chi connectivity index (χ0v) is 19.2. The van der Waals surface area contributed by atoms with Crippen LogP contribution in [0.2, 0.25) is 0 Å². The van der Waals surface area contributed by atoms with Gasteiger partial charge in [-0.15, -0.1) is 0 Å². The number of piperidine rings is 1. The number of urea groups is 1. The average Bonchev–Trinajstić information content (AvgIpc) is 2.84. The third-order valence-electron chi connectivity index (χ3n) is 6.68. The molecule has 2 aliphatic heterocycles. The first kappa shape index (κ1) is 22.6. The van der Waals surface area contributed by atoms with E-state index in [1.54, 1.807) is 7.11 Å². The lowest BCUT2D eigenvalue weighted by atomic mass is 9.96. The summed E-state index contributed by atoms with van der Waals surface area (Å²) >= 11 is 0. The number of hydrogen-bond donors (Lipinski definition) is 1. The number of likely N-dealkylation sites (tertiary alicyclic amines) is 1. The van der Waals surface area contributed by atoms with Crippen LogP contribution in [0.5, 0.6) is 5.75 Å². The Morgan fingerprint density at radius 2 is 1.72 bits per heavy atom. The van der Waals surface area contributed by atoms with Crippen molar-refractivity contribution in [1.29, 1.82) is 0 Å². The molecule has 0 radical (unpaired) electrons. The fourth-order valence-electron chi connectivity index (χ4n) is 4.81. The Kier molecular flexibility index (Phi) is 8.02. The van der Waals surface area contributed by atoms with E-state index < -0.39 is 0 Å². The van der Waals surface area contributed by atoms with Gasteiger partial charge in [0.2, 0.25) is 0 Å². The third-order valence-corrected chi connectivity index (χ3v) is 6.68. The number of carbonyl (C=O) groups is 1. The van der Waals surface area contributed by atoms with Gasteiger partial charge in [0.1, 0.15) is 5.75 Å². The standard InChI is InChI=1S/C26H36N4O2/c1-32-25-11-9-22(10-12-25)13-15-28-14-5-6-23(20-28)21-29-16-18-30(19-17-29)26(31)27-24-7-3-2-4-8-24/h2-4,7-12,23H,5-6,13-21H2,1H3,(H,27,31)/t23-/m1/s1. The van der Waals surface area contributed by atoms with Crippen LogP contribution in [0, 0.1) is 5.92 Å². The SMILES string of the molecule is COc1ccc(CCN2CCC[C@@H](CN3CCN(C(=O)Nc4ccccc4)CC3)C2)cc1. The van der Waals surface area contributed by atoms with Crippen molar-refractivity contribution in [3.63, 3.8) is 0 Å². The van der Waals surface area contributed by atoms with Crippen LogP contribution in [0.4, 0.5) is 10.5 Å². The number of methoxy groups -OCH3 is 1. The van der Waals surface area contributed by atoms with Crippen LogP contribution in [0.3, 0.4) is 0 Å². The van der Waals surface area contributed by atoms with Crippen LogP contribution in [-0.2, 0) is 6.42 Å². The molecule has 172 valence electrons. The molecule has 2 fully saturated rings. The number of benzene rings is 2. The Labute approximate surface area is 192 Å². The molecule has 0 bridgehead atoms. The van der Waals surface area contributed by atoms with Gasteiger partial charge in [-0.2, -0.15) is 0 Å². The summed E-state index contributed by atoms with van der Waals surface area (Å²) < 4.78 is 5.26. The summed E-state index contributed by atoms with van der Waals surface area (Å²) in [5, 5.41) is 3.00. The molecule has 2 amide bonds. The monoisotopic (exact) mass is 436 g/mol. The highest BCUT2D eigenvalue weighted by Crippen LogP contribution is 2.20. The predicted molar refractivity (Wildman–Crippen MR) is 129 cm³/mol. The molecule has 2 aromatic carbocycles. The number of amides is 2. The molecule has 6 nitrogen and oxygen atoms in total. The maximum absolute atomic E-state index is 12.5. The Balaban J connectivity index is 1.17. The predicted octanol–water partition coefficient (Wildman–Crippen LogP) is 3.80. The minimum absolute atomic E-state index is 0.0122. The molecule has 2 saturated heterocycles. The van der Waals surface area contributed by atoms with E-state index in [0.717, 1.165) is 63.0 Å². The highest BCUT2D eigenvalue weighted by atomic mass is 16.5. The van der Waals surface area contributed by atoms with Crippen molar-refractivity contribution in [2.75, 3.05) is 64.8 Å². The molecular formula is C26H36N4O2. The molecule has 0 aromatic heterocycles. The van der Waals surface area contributed by atoms with Crippen molar-refractivity contribution >= 4 is 11.7 Å². The number of carbonyl (C=O) groups excluding carboxylic acids is 1. The maximum Gasteiger partial charge on any atom is 0.321 e. The molecule has 2 aliphatic rings. The summed E-state index contributed by atoms with van der Waals surface area (Å²) in [6.45, 7) is 8.18. The molecule has 0 spiro atoms. The first-order chi connectivity index (χ1) is 15.7. The van der Waals surface area contributed by atoms with Gasteiger partial charge < -0.3 is 19.9 Å². The number of rotatable bonds is 7. The van der Waals surface area contributed by atoms with Gasteiger partial charge in [0.05, 0.1) is 7.11 Å². The van der Waals surface area contributed by atoms with Crippen LogP contribution in [0.15, 0.2) is 54.6 Å². The molecule has 32 heavy (non-hydrogen) atoms. The van der Waals surface area contributed by atoms with Crippen LogP contribution >= 0.6 is 0 Å². The Morgan fingerprint density at radius 3 is 2.44 bits per heavy atom. The van der Waals surface area contributed by atoms with E-state index in [1.165, 1.54) is 31.5 Å². The summed E-state index contributed by atoms with van der Waals surface area (Å²) in [6, 6.07) is 18.2. The van der Waals surface area contributed by atoms with Gasteiger partial charge in [0.25, 0.3) is 0 Å². The van der Waals surface area contributed by atoms with Crippen molar-refractivity contribution in [3.05, 3.63) is 60.2 Å². The van der Waals surface area contributed by atoms with Crippen LogP contribution in [0.1, 0.15) is 18.4 Å². The van der Waals surface area contributed by atoms with Crippen molar-refractivity contribution in [2.24, 2.45) is 5.92 Å². The number of anilines is 1. The molecule has 0 aliphatic carbocycles. The lowest BCUT2D eigenvalue weighted by Crippen LogP contribution is -2.52. The summed E-state index contributed by atoms with van der Waals surface area (Å²) in [5.41, 5.74) is 2.23. The van der Waals surface area contributed by atoms with E-state index in [-0.39, 0.29) is 6.03 Å². The lowest BCUT2D eigenvalue weighted by molar-refractivity contribution is 0.101.